The van der Waals surface area contributed by atoms with Crippen LogP contribution < -0.4 is 0 Å². The summed E-state index contributed by atoms with van der Waals surface area (Å²) >= 11 is 7.71. The van der Waals surface area contributed by atoms with Crippen molar-refractivity contribution in [1.82, 2.24) is 14.8 Å². The van der Waals surface area contributed by atoms with Crippen LogP contribution in [0.15, 0.2) is 29.3 Å². The van der Waals surface area contributed by atoms with Crippen molar-refractivity contribution in [1.29, 1.82) is 0 Å². The van der Waals surface area contributed by atoms with Gasteiger partial charge >= 0.3 is 0 Å². The summed E-state index contributed by atoms with van der Waals surface area (Å²) in [6.45, 7) is 5.95. The van der Waals surface area contributed by atoms with Crippen LogP contribution >= 0.6 is 22.9 Å². The molecule has 0 unspecified atom stereocenters. The van der Waals surface area contributed by atoms with E-state index in [1.807, 2.05) is 30.5 Å². The largest absolute Gasteiger partial charge is 0.300 e. The van der Waals surface area contributed by atoms with Gasteiger partial charge in [-0.15, -0.1) is 21.5 Å². The van der Waals surface area contributed by atoms with E-state index >= 15 is 0 Å². The summed E-state index contributed by atoms with van der Waals surface area (Å²) in [6, 6.07) is 6.77. The first kappa shape index (κ1) is 21.8. The standard InChI is InChI=1S/C22H21ClF2N4OS/c1-11-12(2)31-22-19(11)20(14-4-6-15(23)7-5-14)26-17(10-16(30)8-9-18(24)25)21-28-27-13(3)29(21)22/h4-7,17-18H,8-10H2,1-3H3/t17-/m0/s1. The van der Waals surface area contributed by atoms with Crippen molar-refractivity contribution < 1.29 is 13.6 Å². The Morgan fingerprint density at radius 2 is 1.90 bits per heavy atom. The minimum Gasteiger partial charge on any atom is -0.300 e. The number of ketones is 1. The monoisotopic (exact) mass is 462 g/mol. The second-order valence-electron chi connectivity index (χ2n) is 7.58. The summed E-state index contributed by atoms with van der Waals surface area (Å²) in [5, 5.41) is 10.1. The Morgan fingerprint density at radius 1 is 1.19 bits per heavy atom. The zero-order valence-electron chi connectivity index (χ0n) is 17.3. The maximum Gasteiger partial charge on any atom is 0.239 e. The third-order valence-electron chi connectivity index (χ3n) is 5.42. The molecule has 5 nitrogen and oxygen atoms in total. The maximum atomic E-state index is 12.6. The molecule has 1 aromatic carbocycles. The summed E-state index contributed by atoms with van der Waals surface area (Å²) < 4.78 is 27.1. The zero-order chi connectivity index (χ0) is 22.3. The predicted octanol–water partition coefficient (Wildman–Crippen LogP) is 5.80. The highest BCUT2D eigenvalue weighted by Crippen LogP contribution is 2.39. The fourth-order valence-corrected chi connectivity index (χ4v) is 5.06. The number of thiophene rings is 1. The number of benzene rings is 1. The van der Waals surface area contributed by atoms with E-state index in [2.05, 4.69) is 17.1 Å². The summed E-state index contributed by atoms with van der Waals surface area (Å²) in [6.07, 6.45) is -3.15. The van der Waals surface area contributed by atoms with Gasteiger partial charge in [-0.2, -0.15) is 0 Å². The van der Waals surface area contributed by atoms with Gasteiger partial charge < -0.3 is 0 Å². The Kier molecular flexibility index (Phi) is 6.03. The molecule has 0 bridgehead atoms. The third-order valence-corrected chi connectivity index (χ3v) is 6.86. The molecule has 1 aliphatic heterocycles. The van der Waals surface area contributed by atoms with Crippen LogP contribution in [-0.2, 0) is 4.79 Å². The molecule has 9 heteroatoms. The summed E-state index contributed by atoms with van der Waals surface area (Å²) in [5.41, 5.74) is 3.67. The number of hydrogen-bond donors (Lipinski definition) is 0. The number of halogens is 3. The smallest absolute Gasteiger partial charge is 0.239 e. The van der Waals surface area contributed by atoms with E-state index in [-0.39, 0.29) is 18.6 Å². The van der Waals surface area contributed by atoms with E-state index in [1.165, 1.54) is 0 Å². The molecule has 31 heavy (non-hydrogen) atoms. The van der Waals surface area contributed by atoms with Gasteiger partial charge in [0.05, 0.1) is 5.71 Å². The number of carbonyl (C=O) groups excluding carboxylic acids is 1. The molecule has 4 rings (SSSR count). The first-order valence-corrected chi connectivity index (χ1v) is 11.1. The van der Waals surface area contributed by atoms with Gasteiger partial charge in [0.2, 0.25) is 6.43 Å². The van der Waals surface area contributed by atoms with Gasteiger partial charge in [0.25, 0.3) is 0 Å². The molecule has 0 amide bonds. The van der Waals surface area contributed by atoms with E-state index in [0.717, 1.165) is 32.3 Å². The van der Waals surface area contributed by atoms with Gasteiger partial charge in [0.15, 0.2) is 5.82 Å². The number of Topliss-reactive ketones (excluding diaryl/α,β-unsaturated/α-hetero) is 1. The fourth-order valence-electron chi connectivity index (χ4n) is 3.72. The molecule has 162 valence electrons. The quantitative estimate of drug-likeness (QED) is 0.464. The molecule has 2 aromatic heterocycles. The molecule has 3 heterocycles. The molecule has 0 radical (unpaired) electrons. The second kappa shape index (κ2) is 8.59. The second-order valence-corrected chi connectivity index (χ2v) is 9.22. The molecule has 0 saturated heterocycles. The van der Waals surface area contributed by atoms with Crippen LogP contribution in [0.5, 0.6) is 0 Å². The number of alkyl halides is 2. The molecule has 0 N–H and O–H groups in total. The molecule has 1 aliphatic rings. The number of rotatable bonds is 6. The van der Waals surface area contributed by atoms with Gasteiger partial charge in [-0.25, -0.2) is 8.78 Å². The Labute approximate surface area is 187 Å². The molecule has 0 fully saturated rings. The van der Waals surface area contributed by atoms with Gasteiger partial charge in [-0.3, -0.25) is 14.4 Å². The average molecular weight is 463 g/mol. The number of hydrogen-bond acceptors (Lipinski definition) is 5. The maximum absolute atomic E-state index is 12.6. The fraction of sp³-hybridized carbons (Fsp3) is 0.364. The topological polar surface area (TPSA) is 60.1 Å². The van der Waals surface area contributed by atoms with Gasteiger partial charge in [0.1, 0.15) is 22.7 Å². The van der Waals surface area contributed by atoms with Crippen LogP contribution in [0.2, 0.25) is 5.02 Å². The molecular weight excluding hydrogens is 442 g/mol. The summed E-state index contributed by atoms with van der Waals surface area (Å²) in [4.78, 5) is 18.6. The first-order valence-electron chi connectivity index (χ1n) is 9.92. The first-order chi connectivity index (χ1) is 14.8. The Hall–Kier alpha value is -2.45. The molecule has 3 aromatic rings. The van der Waals surface area contributed by atoms with E-state index in [0.29, 0.717) is 16.7 Å². The van der Waals surface area contributed by atoms with Crippen LogP contribution in [0.1, 0.15) is 58.5 Å². The van der Waals surface area contributed by atoms with Crippen molar-refractivity contribution in [3.63, 3.8) is 0 Å². The van der Waals surface area contributed by atoms with E-state index in [9.17, 15) is 13.6 Å². The molecule has 0 spiro atoms. The minimum atomic E-state index is -2.50. The normalized spacial score (nSPS) is 15.5. The van der Waals surface area contributed by atoms with Gasteiger partial charge in [-0.1, -0.05) is 23.7 Å². The number of fused-ring (bicyclic) bond motifs is 3. The van der Waals surface area contributed by atoms with Crippen molar-refractivity contribution in [3.05, 3.63) is 62.5 Å². The SMILES string of the molecule is Cc1sc2c(c1C)C(c1ccc(Cl)cc1)=N[C@@H](CC(=O)CCC(F)F)c1nnc(C)n1-2. The number of carbonyl (C=O) groups is 1. The number of aliphatic imine (C=N–C) groups is 1. The van der Waals surface area contributed by atoms with E-state index < -0.39 is 18.9 Å². The van der Waals surface area contributed by atoms with Crippen LogP contribution in [-0.4, -0.2) is 32.7 Å². The lowest BCUT2D eigenvalue weighted by molar-refractivity contribution is -0.120. The molecule has 1 atom stereocenters. The minimum absolute atomic E-state index is 0.00505. The zero-order valence-corrected chi connectivity index (χ0v) is 18.9. The predicted molar refractivity (Wildman–Crippen MR) is 118 cm³/mol. The van der Waals surface area contributed by atoms with Gasteiger partial charge in [0, 0.05) is 40.3 Å². The number of nitrogens with zero attached hydrogens (tertiary/aromatic N) is 4. The molecular formula is C22H21ClF2N4OS. The van der Waals surface area contributed by atoms with Crippen molar-refractivity contribution in [2.45, 2.75) is 52.5 Å². The lowest BCUT2D eigenvalue weighted by Gasteiger charge is -2.12. The van der Waals surface area contributed by atoms with Crippen LogP contribution in [0.25, 0.3) is 5.00 Å². The highest BCUT2D eigenvalue weighted by molar-refractivity contribution is 7.15. The van der Waals surface area contributed by atoms with Crippen LogP contribution in [0.3, 0.4) is 0 Å². The highest BCUT2D eigenvalue weighted by atomic mass is 35.5. The van der Waals surface area contributed by atoms with Crippen molar-refractivity contribution >= 4 is 34.4 Å². The summed E-state index contributed by atoms with van der Waals surface area (Å²) in [5.74, 6) is 0.972. The Balaban J connectivity index is 1.87. The lowest BCUT2D eigenvalue weighted by Crippen LogP contribution is -2.12. The van der Waals surface area contributed by atoms with Crippen LogP contribution in [0.4, 0.5) is 8.78 Å². The van der Waals surface area contributed by atoms with Crippen LogP contribution in [0, 0.1) is 20.8 Å². The summed E-state index contributed by atoms with van der Waals surface area (Å²) in [7, 11) is 0. The van der Waals surface area contributed by atoms with E-state index in [4.69, 9.17) is 16.6 Å². The number of aromatic nitrogens is 3. The highest BCUT2D eigenvalue weighted by Gasteiger charge is 2.32. The van der Waals surface area contributed by atoms with E-state index in [1.54, 1.807) is 23.5 Å². The van der Waals surface area contributed by atoms with Crippen molar-refractivity contribution in [3.8, 4) is 5.00 Å². The Bertz CT molecular complexity index is 1170. The average Bonchev–Trinajstić information content (AvgIpc) is 3.19. The number of aryl methyl sites for hydroxylation is 2. The molecule has 0 saturated carbocycles. The Morgan fingerprint density at radius 3 is 2.58 bits per heavy atom. The third kappa shape index (κ3) is 4.19. The van der Waals surface area contributed by atoms with Crippen molar-refractivity contribution in [2.75, 3.05) is 0 Å². The lowest BCUT2D eigenvalue weighted by atomic mass is 9.99. The van der Waals surface area contributed by atoms with Gasteiger partial charge in [-0.05, 0) is 38.5 Å². The molecule has 0 aliphatic carbocycles. The van der Waals surface area contributed by atoms with Crippen molar-refractivity contribution in [2.24, 2.45) is 4.99 Å².